The molecule has 2 aromatic heterocycles. The maximum absolute atomic E-state index is 13.3. The van der Waals surface area contributed by atoms with Crippen LogP contribution in [0, 0.1) is 13.8 Å². The molecular weight excluding hydrogens is 378 g/mol. The molecule has 0 amide bonds. The van der Waals surface area contributed by atoms with Gasteiger partial charge in [-0.25, -0.2) is 9.78 Å². The van der Waals surface area contributed by atoms with Crippen LogP contribution in [0.2, 0.25) is 0 Å². The van der Waals surface area contributed by atoms with Crippen LogP contribution in [0.3, 0.4) is 0 Å². The number of pyridine rings is 1. The molecule has 1 aliphatic carbocycles. The van der Waals surface area contributed by atoms with Gasteiger partial charge < -0.3 is 5.11 Å². The molecule has 2 aromatic carbocycles. The van der Waals surface area contributed by atoms with Crippen molar-refractivity contribution in [1.82, 2.24) is 14.1 Å². The van der Waals surface area contributed by atoms with Gasteiger partial charge >= 0.3 is 5.69 Å². The molecule has 0 saturated carbocycles. The van der Waals surface area contributed by atoms with Gasteiger partial charge in [0.1, 0.15) is 6.10 Å². The number of hydrogen-bond acceptors (Lipinski definition) is 4. The minimum Gasteiger partial charge on any atom is -0.384 e. The number of aromatic nitrogens is 3. The smallest absolute Gasteiger partial charge is 0.332 e. The number of hydrogen-bond donors (Lipinski definition) is 1. The summed E-state index contributed by atoms with van der Waals surface area (Å²) < 4.78 is 2.50. The fraction of sp³-hybridized carbons (Fsp3) is 0.208. The van der Waals surface area contributed by atoms with Crippen LogP contribution in [0.15, 0.2) is 52.1 Å². The number of nitrogens with zero attached hydrogens (tertiary/aromatic N) is 3. The summed E-state index contributed by atoms with van der Waals surface area (Å²) >= 11 is 0. The summed E-state index contributed by atoms with van der Waals surface area (Å²) in [6.07, 6.45) is -0.898. The molecule has 2 heterocycles. The van der Waals surface area contributed by atoms with E-state index in [9.17, 15) is 14.7 Å². The zero-order valence-corrected chi connectivity index (χ0v) is 17.2. The summed E-state index contributed by atoms with van der Waals surface area (Å²) in [5.74, 6) is 0. The van der Waals surface area contributed by atoms with Crippen molar-refractivity contribution in [3.63, 3.8) is 0 Å². The highest BCUT2D eigenvalue weighted by Gasteiger charge is 2.34. The predicted octanol–water partition coefficient (Wildman–Crippen LogP) is 2.98. The van der Waals surface area contributed by atoms with Crippen molar-refractivity contribution in [2.24, 2.45) is 14.1 Å². The first-order valence-corrected chi connectivity index (χ1v) is 9.80. The molecule has 0 aliphatic heterocycles. The third-order valence-electron chi connectivity index (χ3n) is 6.07. The molecule has 30 heavy (non-hydrogen) atoms. The first-order valence-electron chi connectivity index (χ1n) is 9.80. The third-order valence-corrected chi connectivity index (χ3v) is 6.07. The van der Waals surface area contributed by atoms with Gasteiger partial charge in [0.05, 0.1) is 11.1 Å². The third kappa shape index (κ3) is 2.31. The van der Waals surface area contributed by atoms with Crippen molar-refractivity contribution in [2.75, 3.05) is 0 Å². The molecule has 0 saturated heterocycles. The van der Waals surface area contributed by atoms with Gasteiger partial charge in [0, 0.05) is 30.8 Å². The van der Waals surface area contributed by atoms with Crippen molar-refractivity contribution < 1.29 is 5.11 Å². The molecule has 1 N–H and O–H groups in total. The quantitative estimate of drug-likeness (QED) is 0.534. The van der Waals surface area contributed by atoms with Crippen molar-refractivity contribution in [3.05, 3.63) is 85.6 Å². The molecule has 6 nitrogen and oxygen atoms in total. The normalized spacial score (nSPS) is 14.8. The van der Waals surface area contributed by atoms with Gasteiger partial charge in [-0.1, -0.05) is 48.0 Å². The van der Waals surface area contributed by atoms with Crippen LogP contribution >= 0.6 is 0 Å². The van der Waals surface area contributed by atoms with Gasteiger partial charge in [-0.2, -0.15) is 0 Å². The summed E-state index contributed by atoms with van der Waals surface area (Å²) in [5.41, 5.74) is 5.82. The molecule has 1 atom stereocenters. The molecular formula is C24H21N3O3. The van der Waals surface area contributed by atoms with Gasteiger partial charge in [-0.15, -0.1) is 0 Å². The molecule has 0 spiro atoms. The van der Waals surface area contributed by atoms with Crippen LogP contribution in [0.25, 0.3) is 33.4 Å². The van der Waals surface area contributed by atoms with Crippen molar-refractivity contribution in [2.45, 2.75) is 20.0 Å². The Morgan fingerprint density at radius 3 is 2.47 bits per heavy atom. The Morgan fingerprint density at radius 2 is 1.70 bits per heavy atom. The van der Waals surface area contributed by atoms with E-state index in [0.29, 0.717) is 27.9 Å². The van der Waals surface area contributed by atoms with Crippen LogP contribution < -0.4 is 11.2 Å². The van der Waals surface area contributed by atoms with Gasteiger partial charge in [0.2, 0.25) is 0 Å². The SMILES string of the molecule is Cc1ccc(C)c(-c2c3c(nc4c2c(=O)n(C)c(=O)n4C)-c2ccccc2[C@H]3O)c1. The second kappa shape index (κ2) is 6.24. The molecule has 0 fully saturated rings. The molecule has 6 heteroatoms. The van der Waals surface area contributed by atoms with E-state index in [1.807, 2.05) is 56.3 Å². The van der Waals surface area contributed by atoms with Crippen LogP contribution in [0.1, 0.15) is 28.4 Å². The Bertz CT molecular complexity index is 1490. The van der Waals surface area contributed by atoms with Gasteiger partial charge in [0.25, 0.3) is 5.56 Å². The lowest BCUT2D eigenvalue weighted by atomic mass is 9.90. The number of aryl methyl sites for hydroxylation is 3. The fourth-order valence-electron chi connectivity index (χ4n) is 4.47. The Balaban J connectivity index is 2.09. The van der Waals surface area contributed by atoms with Gasteiger partial charge in [-0.3, -0.25) is 13.9 Å². The zero-order valence-electron chi connectivity index (χ0n) is 17.2. The number of aliphatic hydroxyl groups is 1. The molecule has 0 radical (unpaired) electrons. The van der Waals surface area contributed by atoms with E-state index in [1.165, 1.54) is 11.6 Å². The Morgan fingerprint density at radius 1 is 0.967 bits per heavy atom. The van der Waals surface area contributed by atoms with Crippen LogP contribution in [-0.2, 0) is 14.1 Å². The van der Waals surface area contributed by atoms with Crippen LogP contribution in [0.4, 0.5) is 0 Å². The summed E-state index contributed by atoms with van der Waals surface area (Å²) in [7, 11) is 3.09. The summed E-state index contributed by atoms with van der Waals surface area (Å²) in [5, 5.41) is 11.6. The molecule has 150 valence electrons. The largest absolute Gasteiger partial charge is 0.384 e. The molecule has 1 aliphatic rings. The van der Waals surface area contributed by atoms with Gasteiger partial charge in [0.15, 0.2) is 5.65 Å². The van der Waals surface area contributed by atoms with Gasteiger partial charge in [-0.05, 0) is 30.5 Å². The highest BCUT2D eigenvalue weighted by molar-refractivity contribution is 6.00. The van der Waals surface area contributed by atoms with Crippen molar-refractivity contribution in [3.8, 4) is 22.4 Å². The second-order valence-electron chi connectivity index (χ2n) is 7.96. The average molecular weight is 399 g/mol. The predicted molar refractivity (Wildman–Crippen MR) is 117 cm³/mol. The number of rotatable bonds is 1. The molecule has 0 bridgehead atoms. The molecule has 0 unspecified atom stereocenters. The van der Waals surface area contributed by atoms with Crippen LogP contribution in [-0.4, -0.2) is 19.2 Å². The second-order valence-corrected chi connectivity index (χ2v) is 7.96. The molecule has 4 aromatic rings. The lowest BCUT2D eigenvalue weighted by Gasteiger charge is -2.18. The minimum absolute atomic E-state index is 0.321. The molecule has 5 rings (SSSR count). The van der Waals surface area contributed by atoms with Crippen molar-refractivity contribution in [1.29, 1.82) is 0 Å². The Hall–Kier alpha value is -3.51. The number of benzene rings is 2. The van der Waals surface area contributed by atoms with E-state index in [2.05, 4.69) is 0 Å². The standard InChI is InChI=1S/C24H21N3O3/c1-12-9-10-13(2)16(11-12)17-18-20(14-7-5-6-8-15(14)21(18)28)25-22-19(17)23(29)27(4)24(30)26(22)3/h5-11,21,28H,1-4H3/t21-/m1/s1. The van der Waals surface area contributed by atoms with Crippen LogP contribution in [0.5, 0.6) is 0 Å². The first kappa shape index (κ1) is 18.5. The summed E-state index contributed by atoms with van der Waals surface area (Å²) in [6.45, 7) is 3.97. The maximum atomic E-state index is 13.3. The highest BCUT2D eigenvalue weighted by Crippen LogP contribution is 2.48. The minimum atomic E-state index is -0.898. The van der Waals surface area contributed by atoms with Crippen molar-refractivity contribution >= 4 is 11.0 Å². The topological polar surface area (TPSA) is 77.1 Å². The summed E-state index contributed by atoms with van der Waals surface area (Å²) in [6, 6.07) is 13.6. The monoisotopic (exact) mass is 399 g/mol. The van der Waals surface area contributed by atoms with E-state index in [0.717, 1.165) is 32.4 Å². The maximum Gasteiger partial charge on any atom is 0.332 e. The lowest BCUT2D eigenvalue weighted by molar-refractivity contribution is 0.225. The average Bonchev–Trinajstić information content (AvgIpc) is 3.03. The fourth-order valence-corrected chi connectivity index (χ4v) is 4.47. The van der Waals surface area contributed by atoms with E-state index in [1.54, 1.807) is 7.05 Å². The van der Waals surface area contributed by atoms with E-state index in [4.69, 9.17) is 4.98 Å². The van der Waals surface area contributed by atoms with E-state index in [-0.39, 0.29) is 0 Å². The lowest BCUT2D eigenvalue weighted by Crippen LogP contribution is -2.37. The zero-order chi connectivity index (χ0) is 21.3. The Kier molecular flexibility index (Phi) is 3.85. The summed E-state index contributed by atoms with van der Waals surface area (Å²) in [4.78, 5) is 30.7. The Labute approximate surface area is 172 Å². The number of aliphatic hydroxyl groups excluding tert-OH is 1. The number of fused-ring (bicyclic) bond motifs is 4. The van der Waals surface area contributed by atoms with E-state index >= 15 is 0 Å². The first-order chi connectivity index (χ1) is 14.3. The highest BCUT2D eigenvalue weighted by atomic mass is 16.3. The van der Waals surface area contributed by atoms with E-state index < -0.39 is 17.4 Å².